The zero-order chi connectivity index (χ0) is 19.9. The molecule has 2 aromatic carbocycles. The standard InChI is InChI=1S/C21H17ClN2O3S/c1-15-7-13-18(14-8-15)28(26,27)24-20-6-4-2-3-5-19(20)23(21(24)25)17-11-9-16(22)10-12-17/h3-14H,2H2,1H3. The highest BCUT2D eigenvalue weighted by atomic mass is 35.5. The predicted octanol–water partition coefficient (Wildman–Crippen LogP) is 4.27. The summed E-state index contributed by atoms with van der Waals surface area (Å²) < 4.78 is 28.9. The smallest absolute Gasteiger partial charge is 0.260 e. The lowest BCUT2D eigenvalue weighted by Crippen LogP contribution is -2.29. The van der Waals surface area contributed by atoms with E-state index in [1.54, 1.807) is 48.6 Å². The van der Waals surface area contributed by atoms with Crippen molar-refractivity contribution >= 4 is 33.8 Å². The van der Waals surface area contributed by atoms with E-state index in [9.17, 15) is 13.2 Å². The first-order valence-corrected chi connectivity index (χ1v) is 10.5. The Labute approximate surface area is 167 Å². The van der Waals surface area contributed by atoms with E-state index in [2.05, 4.69) is 0 Å². The molecule has 1 aliphatic carbocycles. The first-order chi connectivity index (χ1) is 13.4. The second-order valence-electron chi connectivity index (χ2n) is 6.49. The number of aromatic nitrogens is 2. The number of halogens is 1. The number of fused-ring (bicyclic) bond motifs is 1. The molecule has 0 saturated carbocycles. The summed E-state index contributed by atoms with van der Waals surface area (Å²) in [5.41, 5.74) is 1.67. The van der Waals surface area contributed by atoms with E-state index in [4.69, 9.17) is 11.6 Å². The molecule has 4 rings (SSSR count). The van der Waals surface area contributed by atoms with Crippen LogP contribution in [0.25, 0.3) is 17.8 Å². The Morgan fingerprint density at radius 1 is 0.893 bits per heavy atom. The fourth-order valence-corrected chi connectivity index (χ4v) is 4.67. The van der Waals surface area contributed by atoms with Crippen molar-refractivity contribution < 1.29 is 8.42 Å². The van der Waals surface area contributed by atoms with E-state index < -0.39 is 15.7 Å². The van der Waals surface area contributed by atoms with Crippen molar-refractivity contribution in [1.29, 1.82) is 0 Å². The van der Waals surface area contributed by atoms with Gasteiger partial charge in [0.1, 0.15) is 0 Å². The molecular weight excluding hydrogens is 396 g/mol. The lowest BCUT2D eigenvalue weighted by atomic mass is 10.2. The predicted molar refractivity (Wildman–Crippen MR) is 111 cm³/mol. The van der Waals surface area contributed by atoms with Crippen LogP contribution in [0.5, 0.6) is 0 Å². The van der Waals surface area contributed by atoms with Crippen LogP contribution in [-0.2, 0) is 10.0 Å². The van der Waals surface area contributed by atoms with Crippen molar-refractivity contribution in [3.05, 3.63) is 93.1 Å². The van der Waals surface area contributed by atoms with Crippen LogP contribution in [0, 0.1) is 6.92 Å². The van der Waals surface area contributed by atoms with Crippen LogP contribution in [0.3, 0.4) is 0 Å². The molecule has 0 fully saturated rings. The van der Waals surface area contributed by atoms with Gasteiger partial charge in [0.2, 0.25) is 0 Å². The fraction of sp³-hybridized carbons (Fsp3) is 0.0952. The first kappa shape index (κ1) is 18.5. The summed E-state index contributed by atoms with van der Waals surface area (Å²) in [4.78, 5) is 13.4. The van der Waals surface area contributed by atoms with E-state index in [0.29, 0.717) is 28.5 Å². The van der Waals surface area contributed by atoms with Crippen molar-refractivity contribution in [3.8, 4) is 5.69 Å². The zero-order valence-electron chi connectivity index (χ0n) is 15.0. The van der Waals surface area contributed by atoms with Crippen molar-refractivity contribution in [2.24, 2.45) is 0 Å². The van der Waals surface area contributed by atoms with Gasteiger partial charge in [0, 0.05) is 5.02 Å². The maximum atomic E-state index is 13.3. The lowest BCUT2D eigenvalue weighted by molar-refractivity contribution is 0.584. The molecule has 3 aromatic rings. The van der Waals surface area contributed by atoms with Gasteiger partial charge in [-0.05, 0) is 61.9 Å². The maximum absolute atomic E-state index is 13.3. The average molecular weight is 413 g/mol. The van der Waals surface area contributed by atoms with E-state index >= 15 is 0 Å². The molecule has 0 saturated heterocycles. The molecule has 0 radical (unpaired) electrons. The topological polar surface area (TPSA) is 61.1 Å². The molecule has 0 N–H and O–H groups in total. The molecule has 1 heterocycles. The van der Waals surface area contributed by atoms with Crippen molar-refractivity contribution in [1.82, 2.24) is 8.54 Å². The van der Waals surface area contributed by atoms with E-state index in [-0.39, 0.29) is 4.90 Å². The SMILES string of the molecule is Cc1ccc(S(=O)(=O)n2c3c(n(-c4ccc(Cl)cc4)c2=O)C=CCC=C3)cc1. The van der Waals surface area contributed by atoms with Crippen LogP contribution < -0.4 is 5.69 Å². The molecule has 1 aromatic heterocycles. The number of hydrogen-bond acceptors (Lipinski definition) is 3. The summed E-state index contributed by atoms with van der Waals surface area (Å²) in [5, 5.41) is 0.532. The molecule has 28 heavy (non-hydrogen) atoms. The third-order valence-electron chi connectivity index (χ3n) is 4.55. The van der Waals surface area contributed by atoms with Gasteiger partial charge in [-0.1, -0.05) is 41.4 Å². The number of nitrogens with zero attached hydrogens (tertiary/aromatic N) is 2. The van der Waals surface area contributed by atoms with Gasteiger partial charge in [-0.15, -0.1) is 0 Å². The first-order valence-electron chi connectivity index (χ1n) is 8.68. The molecule has 0 aliphatic heterocycles. The second-order valence-corrected chi connectivity index (χ2v) is 8.71. The maximum Gasteiger partial charge on any atom is 0.347 e. The van der Waals surface area contributed by atoms with Gasteiger partial charge >= 0.3 is 5.69 Å². The Balaban J connectivity index is 2.04. The van der Waals surface area contributed by atoms with Crippen LogP contribution >= 0.6 is 11.6 Å². The zero-order valence-corrected chi connectivity index (χ0v) is 16.6. The van der Waals surface area contributed by atoms with Crippen molar-refractivity contribution in [2.75, 3.05) is 0 Å². The summed E-state index contributed by atoms with van der Waals surface area (Å²) in [6.07, 6.45) is 7.81. The number of rotatable bonds is 3. The quantitative estimate of drug-likeness (QED) is 0.645. The summed E-state index contributed by atoms with van der Waals surface area (Å²) in [7, 11) is -4.07. The van der Waals surface area contributed by atoms with Gasteiger partial charge in [0.05, 0.1) is 22.0 Å². The summed E-state index contributed by atoms with van der Waals surface area (Å²) in [6, 6.07) is 13.2. The largest absolute Gasteiger partial charge is 0.347 e. The fourth-order valence-electron chi connectivity index (χ4n) is 3.15. The van der Waals surface area contributed by atoms with Gasteiger partial charge in [-0.3, -0.25) is 4.57 Å². The van der Waals surface area contributed by atoms with Crippen LogP contribution in [0.1, 0.15) is 23.4 Å². The van der Waals surface area contributed by atoms with Crippen LogP contribution in [0.4, 0.5) is 0 Å². The van der Waals surface area contributed by atoms with E-state index in [0.717, 1.165) is 9.54 Å². The van der Waals surface area contributed by atoms with Gasteiger partial charge in [-0.2, -0.15) is 3.97 Å². The summed E-state index contributed by atoms with van der Waals surface area (Å²) in [5.74, 6) is 0. The van der Waals surface area contributed by atoms with Crippen LogP contribution in [0.2, 0.25) is 5.02 Å². The average Bonchev–Trinajstić information content (AvgIpc) is 2.80. The minimum Gasteiger partial charge on any atom is -0.260 e. The molecule has 0 amide bonds. The molecular formula is C21H17ClN2O3S. The summed E-state index contributed by atoms with van der Waals surface area (Å²) in [6.45, 7) is 1.87. The molecule has 1 aliphatic rings. The number of imidazole rings is 1. The molecule has 0 bridgehead atoms. The summed E-state index contributed by atoms with van der Waals surface area (Å²) >= 11 is 5.97. The van der Waals surface area contributed by atoms with E-state index in [1.807, 2.05) is 19.1 Å². The molecule has 0 spiro atoms. The highest BCUT2D eigenvalue weighted by molar-refractivity contribution is 7.90. The highest BCUT2D eigenvalue weighted by Crippen LogP contribution is 2.25. The highest BCUT2D eigenvalue weighted by Gasteiger charge is 2.28. The molecule has 0 unspecified atom stereocenters. The van der Waals surface area contributed by atoms with Crippen molar-refractivity contribution in [3.63, 3.8) is 0 Å². The normalized spacial score (nSPS) is 13.4. The minimum atomic E-state index is -4.07. The third kappa shape index (κ3) is 3.04. The van der Waals surface area contributed by atoms with Gasteiger partial charge in [0.15, 0.2) is 0 Å². The Kier molecular flexibility index (Phi) is 4.61. The molecule has 142 valence electrons. The Hall–Kier alpha value is -2.83. The molecule has 5 nitrogen and oxygen atoms in total. The van der Waals surface area contributed by atoms with Crippen LogP contribution in [-0.4, -0.2) is 17.0 Å². The monoisotopic (exact) mass is 412 g/mol. The number of allylic oxidation sites excluding steroid dienone is 2. The van der Waals surface area contributed by atoms with Gasteiger partial charge < -0.3 is 0 Å². The van der Waals surface area contributed by atoms with Crippen molar-refractivity contribution in [2.45, 2.75) is 18.2 Å². The molecule has 0 atom stereocenters. The number of hydrogen-bond donors (Lipinski definition) is 0. The number of benzene rings is 2. The Bertz CT molecular complexity index is 1260. The third-order valence-corrected chi connectivity index (χ3v) is 6.51. The lowest BCUT2D eigenvalue weighted by Gasteiger charge is -2.07. The Morgan fingerprint density at radius 3 is 2.14 bits per heavy atom. The van der Waals surface area contributed by atoms with Gasteiger partial charge in [0.25, 0.3) is 10.0 Å². The minimum absolute atomic E-state index is 0.0675. The van der Waals surface area contributed by atoms with Gasteiger partial charge in [-0.25, -0.2) is 13.2 Å². The van der Waals surface area contributed by atoms with Crippen LogP contribution in [0.15, 0.2) is 70.4 Å². The number of aryl methyl sites for hydroxylation is 1. The van der Waals surface area contributed by atoms with E-state index in [1.165, 1.54) is 16.7 Å². The Morgan fingerprint density at radius 2 is 1.50 bits per heavy atom. The molecule has 7 heteroatoms. The second kappa shape index (κ2) is 6.96.